The number of nitrogens with one attached hydrogen (secondary N) is 2. The lowest BCUT2D eigenvalue weighted by Crippen LogP contribution is -3.12. The van der Waals surface area contributed by atoms with Crippen molar-refractivity contribution in [1.29, 1.82) is 0 Å². The molecule has 2 aromatic rings. The van der Waals surface area contributed by atoms with Crippen LogP contribution in [0.4, 0.5) is 0 Å². The van der Waals surface area contributed by atoms with Crippen molar-refractivity contribution in [3.05, 3.63) is 65.2 Å². The van der Waals surface area contributed by atoms with E-state index in [1.165, 1.54) is 16.0 Å². The van der Waals surface area contributed by atoms with Gasteiger partial charge in [0.15, 0.2) is 0 Å². The van der Waals surface area contributed by atoms with Crippen LogP contribution in [0, 0.1) is 0 Å². The number of amides is 1. The van der Waals surface area contributed by atoms with Gasteiger partial charge in [0.1, 0.15) is 25.4 Å². The topological polar surface area (TPSA) is 52.0 Å². The summed E-state index contributed by atoms with van der Waals surface area (Å²) in [5.41, 5.74) is 3.56. The fourth-order valence-corrected chi connectivity index (χ4v) is 3.45. The summed E-state index contributed by atoms with van der Waals surface area (Å²) in [6.07, 6.45) is 1.13. The highest BCUT2D eigenvalue weighted by molar-refractivity contribution is 5.76. The van der Waals surface area contributed by atoms with Crippen LogP contribution in [-0.4, -0.2) is 39.3 Å². The summed E-state index contributed by atoms with van der Waals surface area (Å²) in [7, 11) is 1.66. The van der Waals surface area contributed by atoms with E-state index in [1.807, 2.05) is 30.3 Å². The van der Waals surface area contributed by atoms with Gasteiger partial charge in [0, 0.05) is 18.5 Å². The molecule has 0 spiro atoms. The van der Waals surface area contributed by atoms with Gasteiger partial charge in [0.05, 0.1) is 20.3 Å². The molecular weight excluding hydrogens is 340 g/mol. The Balaban J connectivity index is 1.51. The monoisotopic (exact) mass is 369 g/mol. The molecule has 5 heteroatoms. The minimum atomic E-state index is 0.0643. The number of para-hydroxylation sites is 1. The lowest BCUT2D eigenvalue weighted by atomic mass is 10.1. The molecule has 0 aromatic heterocycles. The minimum absolute atomic E-state index is 0.0643. The van der Waals surface area contributed by atoms with Crippen LogP contribution in [0.3, 0.4) is 0 Å². The number of carbonyl (C=O) groups excluding carboxylic acids is 1. The Morgan fingerprint density at radius 2 is 1.70 bits per heavy atom. The summed E-state index contributed by atoms with van der Waals surface area (Å²) in [4.78, 5) is 13.9. The average Bonchev–Trinajstić information content (AvgIpc) is 2.72. The van der Waals surface area contributed by atoms with Gasteiger partial charge in [-0.15, -0.1) is 0 Å². The molecule has 5 nitrogen and oxygen atoms in total. The highest BCUT2D eigenvalue weighted by Gasteiger charge is 2.16. The Kier molecular flexibility index (Phi) is 7.25. The molecule has 1 fully saturated rings. The lowest BCUT2D eigenvalue weighted by Gasteiger charge is -2.24. The molecule has 1 amide bonds. The van der Waals surface area contributed by atoms with E-state index in [-0.39, 0.29) is 5.91 Å². The molecule has 0 aliphatic carbocycles. The van der Waals surface area contributed by atoms with Crippen molar-refractivity contribution < 1.29 is 19.2 Å². The van der Waals surface area contributed by atoms with Crippen LogP contribution in [0.15, 0.2) is 48.5 Å². The van der Waals surface area contributed by atoms with E-state index in [4.69, 9.17) is 9.47 Å². The minimum Gasteiger partial charge on any atom is -0.496 e. The van der Waals surface area contributed by atoms with Crippen LogP contribution in [0.1, 0.15) is 23.1 Å². The molecule has 0 saturated carbocycles. The fourth-order valence-electron chi connectivity index (χ4n) is 3.45. The second-order valence-corrected chi connectivity index (χ2v) is 6.90. The van der Waals surface area contributed by atoms with Gasteiger partial charge < -0.3 is 19.7 Å². The molecule has 144 valence electrons. The Morgan fingerprint density at radius 3 is 2.44 bits per heavy atom. The van der Waals surface area contributed by atoms with Crippen LogP contribution in [0.5, 0.6) is 5.75 Å². The van der Waals surface area contributed by atoms with E-state index in [9.17, 15) is 4.79 Å². The average molecular weight is 369 g/mol. The van der Waals surface area contributed by atoms with Crippen LogP contribution in [0.2, 0.25) is 0 Å². The first-order valence-electron chi connectivity index (χ1n) is 9.63. The Labute approximate surface area is 161 Å². The molecule has 1 saturated heterocycles. The third kappa shape index (κ3) is 5.81. The van der Waals surface area contributed by atoms with Gasteiger partial charge in [-0.2, -0.15) is 0 Å². The van der Waals surface area contributed by atoms with E-state index < -0.39 is 0 Å². The molecule has 3 rings (SSSR count). The van der Waals surface area contributed by atoms with Crippen LogP contribution >= 0.6 is 0 Å². The van der Waals surface area contributed by atoms with E-state index in [0.717, 1.165) is 44.2 Å². The number of benzene rings is 2. The smallest absolute Gasteiger partial charge is 0.220 e. The van der Waals surface area contributed by atoms with Gasteiger partial charge in [-0.25, -0.2) is 0 Å². The zero-order chi connectivity index (χ0) is 18.9. The van der Waals surface area contributed by atoms with Crippen molar-refractivity contribution in [2.75, 3.05) is 33.4 Å². The summed E-state index contributed by atoms with van der Waals surface area (Å²) in [5, 5.41) is 3.07. The maximum Gasteiger partial charge on any atom is 0.220 e. The van der Waals surface area contributed by atoms with Crippen molar-refractivity contribution in [2.24, 2.45) is 0 Å². The predicted molar refractivity (Wildman–Crippen MR) is 105 cm³/mol. The molecule has 1 aliphatic heterocycles. The third-order valence-corrected chi connectivity index (χ3v) is 5.05. The van der Waals surface area contributed by atoms with Crippen LogP contribution < -0.4 is 15.0 Å². The van der Waals surface area contributed by atoms with Gasteiger partial charge >= 0.3 is 0 Å². The maximum atomic E-state index is 12.3. The second kappa shape index (κ2) is 10.1. The third-order valence-electron chi connectivity index (χ3n) is 5.05. The van der Waals surface area contributed by atoms with Crippen molar-refractivity contribution in [3.8, 4) is 5.75 Å². The Bertz CT molecular complexity index is 742. The molecule has 1 aliphatic rings. The summed E-state index contributed by atoms with van der Waals surface area (Å²) in [6.45, 7) is 5.30. The number of carbonyl (C=O) groups is 1. The number of morpholine rings is 1. The van der Waals surface area contributed by atoms with E-state index >= 15 is 0 Å². The zero-order valence-corrected chi connectivity index (χ0v) is 16.0. The highest BCUT2D eigenvalue weighted by atomic mass is 16.5. The standard InChI is InChI=1S/C22H28N2O3/c1-26-21-9-5-4-6-18(21)10-11-22(25)23-16-19-7-2-3-8-20(19)17-24-12-14-27-15-13-24/h2-9H,10-17H2,1H3,(H,23,25)/p+1. The molecule has 27 heavy (non-hydrogen) atoms. The number of hydrogen-bond donors (Lipinski definition) is 2. The molecule has 0 bridgehead atoms. The van der Waals surface area contributed by atoms with E-state index in [0.29, 0.717) is 19.4 Å². The molecular formula is C22H29N2O3+. The van der Waals surface area contributed by atoms with Crippen LogP contribution in [-0.2, 0) is 29.0 Å². The van der Waals surface area contributed by atoms with Crippen molar-refractivity contribution in [2.45, 2.75) is 25.9 Å². The Morgan fingerprint density at radius 1 is 1.04 bits per heavy atom. The molecule has 1 heterocycles. The lowest BCUT2D eigenvalue weighted by molar-refractivity contribution is -0.921. The number of quaternary nitrogens is 1. The first kappa shape index (κ1) is 19.4. The Hall–Kier alpha value is -2.37. The van der Waals surface area contributed by atoms with Crippen molar-refractivity contribution in [3.63, 3.8) is 0 Å². The number of ether oxygens (including phenoxy) is 2. The van der Waals surface area contributed by atoms with Gasteiger partial charge in [-0.1, -0.05) is 42.5 Å². The first-order valence-corrected chi connectivity index (χ1v) is 9.63. The van der Waals surface area contributed by atoms with Crippen LogP contribution in [0.25, 0.3) is 0 Å². The van der Waals surface area contributed by atoms with Gasteiger partial charge in [-0.3, -0.25) is 4.79 Å². The van der Waals surface area contributed by atoms with Crippen molar-refractivity contribution >= 4 is 5.91 Å². The normalized spacial score (nSPS) is 14.7. The molecule has 2 N–H and O–H groups in total. The van der Waals surface area contributed by atoms with E-state index in [2.05, 4.69) is 23.5 Å². The van der Waals surface area contributed by atoms with Crippen molar-refractivity contribution in [1.82, 2.24) is 5.32 Å². The number of hydrogen-bond acceptors (Lipinski definition) is 3. The zero-order valence-electron chi connectivity index (χ0n) is 16.0. The molecule has 0 radical (unpaired) electrons. The summed E-state index contributed by atoms with van der Waals surface area (Å²) in [5.74, 6) is 0.901. The SMILES string of the molecule is COc1ccccc1CCC(=O)NCc1ccccc1C[NH+]1CCOCC1. The summed E-state index contributed by atoms with van der Waals surface area (Å²) in [6, 6.07) is 16.2. The second-order valence-electron chi connectivity index (χ2n) is 6.90. The number of rotatable bonds is 8. The van der Waals surface area contributed by atoms with Gasteiger partial charge in [0.25, 0.3) is 0 Å². The largest absolute Gasteiger partial charge is 0.496 e. The molecule has 2 aromatic carbocycles. The first-order chi connectivity index (χ1) is 13.3. The summed E-state index contributed by atoms with van der Waals surface area (Å²) >= 11 is 0. The number of aryl methyl sites for hydroxylation is 1. The molecule has 0 atom stereocenters. The maximum absolute atomic E-state index is 12.3. The van der Waals surface area contributed by atoms with E-state index in [1.54, 1.807) is 7.11 Å². The van der Waals surface area contributed by atoms with Gasteiger partial charge in [0.2, 0.25) is 5.91 Å². The fraction of sp³-hybridized carbons (Fsp3) is 0.409. The van der Waals surface area contributed by atoms with Gasteiger partial charge in [-0.05, 0) is 23.6 Å². The predicted octanol–water partition coefficient (Wildman–Crippen LogP) is 1.36. The molecule has 0 unspecified atom stereocenters. The highest BCUT2D eigenvalue weighted by Crippen LogP contribution is 2.18. The summed E-state index contributed by atoms with van der Waals surface area (Å²) < 4.78 is 10.8. The number of methoxy groups -OCH3 is 1. The quantitative estimate of drug-likeness (QED) is 0.739.